The molecular weight excluding hydrogens is 214 g/mol. The van der Waals surface area contributed by atoms with E-state index in [9.17, 15) is 0 Å². The molecule has 1 heterocycles. The predicted molar refractivity (Wildman–Crippen MR) is 74.1 cm³/mol. The van der Waals surface area contributed by atoms with Gasteiger partial charge >= 0.3 is 0 Å². The highest BCUT2D eigenvalue weighted by atomic mass is 32.1. The number of hydrogen-bond acceptors (Lipinski definition) is 2. The van der Waals surface area contributed by atoms with Gasteiger partial charge in [0.15, 0.2) is 0 Å². The van der Waals surface area contributed by atoms with Crippen LogP contribution in [0.1, 0.15) is 31.6 Å². The molecule has 0 aliphatic carbocycles. The van der Waals surface area contributed by atoms with Crippen molar-refractivity contribution in [1.29, 1.82) is 0 Å². The second-order valence-electron chi connectivity index (χ2n) is 4.61. The zero-order valence-corrected chi connectivity index (χ0v) is 11.3. The third kappa shape index (κ3) is 4.50. The molecule has 0 aromatic carbocycles. The standard InChI is InChI=1S/C14H23NS/c1-4-10-15-12-14(3,5-2)9-8-13-7-6-11-16-13/h5-7,11,15H,2,4,8-10,12H2,1,3H3. The molecule has 0 aliphatic rings. The van der Waals surface area contributed by atoms with Gasteiger partial charge in [-0.2, -0.15) is 0 Å². The molecule has 0 fully saturated rings. The van der Waals surface area contributed by atoms with Gasteiger partial charge < -0.3 is 5.32 Å². The summed E-state index contributed by atoms with van der Waals surface area (Å²) >= 11 is 1.85. The molecule has 0 bridgehead atoms. The van der Waals surface area contributed by atoms with Crippen molar-refractivity contribution in [2.45, 2.75) is 33.1 Å². The predicted octanol–water partition coefficient (Wildman–Crippen LogP) is 3.87. The summed E-state index contributed by atoms with van der Waals surface area (Å²) in [6, 6.07) is 4.34. The summed E-state index contributed by atoms with van der Waals surface area (Å²) in [5.74, 6) is 0. The molecule has 16 heavy (non-hydrogen) atoms. The van der Waals surface area contributed by atoms with Crippen molar-refractivity contribution in [3.05, 3.63) is 35.0 Å². The molecule has 1 unspecified atom stereocenters. The van der Waals surface area contributed by atoms with Crippen LogP contribution in [0.5, 0.6) is 0 Å². The Morgan fingerprint density at radius 1 is 1.56 bits per heavy atom. The van der Waals surface area contributed by atoms with Crippen molar-refractivity contribution in [2.75, 3.05) is 13.1 Å². The second-order valence-corrected chi connectivity index (χ2v) is 5.65. The van der Waals surface area contributed by atoms with Crippen molar-refractivity contribution >= 4 is 11.3 Å². The van der Waals surface area contributed by atoms with Crippen LogP contribution >= 0.6 is 11.3 Å². The Hall–Kier alpha value is -0.600. The van der Waals surface area contributed by atoms with Crippen molar-refractivity contribution in [2.24, 2.45) is 5.41 Å². The third-order valence-corrected chi connectivity index (χ3v) is 3.91. The van der Waals surface area contributed by atoms with Crippen LogP contribution in [0.2, 0.25) is 0 Å². The molecule has 90 valence electrons. The van der Waals surface area contributed by atoms with E-state index in [1.165, 1.54) is 17.7 Å². The number of thiophene rings is 1. The Labute approximate surface area is 104 Å². The summed E-state index contributed by atoms with van der Waals surface area (Å²) in [4.78, 5) is 1.48. The minimum absolute atomic E-state index is 0.221. The van der Waals surface area contributed by atoms with Gasteiger partial charge in [-0.05, 0) is 42.7 Å². The SMILES string of the molecule is C=CC(C)(CCc1cccs1)CNCCC. The average molecular weight is 237 g/mol. The van der Waals surface area contributed by atoms with E-state index >= 15 is 0 Å². The molecule has 1 N–H and O–H groups in total. The van der Waals surface area contributed by atoms with Gasteiger partial charge in [-0.3, -0.25) is 0 Å². The fourth-order valence-corrected chi connectivity index (χ4v) is 2.39. The number of aryl methyl sites for hydroxylation is 1. The molecule has 0 saturated heterocycles. The van der Waals surface area contributed by atoms with Gasteiger partial charge in [-0.1, -0.05) is 26.0 Å². The Kier molecular flexibility index (Phi) is 5.78. The van der Waals surface area contributed by atoms with E-state index < -0.39 is 0 Å². The molecular formula is C14H23NS. The number of nitrogens with one attached hydrogen (secondary N) is 1. The molecule has 0 saturated carbocycles. The first-order chi connectivity index (χ1) is 7.70. The van der Waals surface area contributed by atoms with Gasteiger partial charge in [0, 0.05) is 11.4 Å². The van der Waals surface area contributed by atoms with Crippen molar-refractivity contribution in [3.8, 4) is 0 Å². The van der Waals surface area contributed by atoms with Gasteiger partial charge in [0.25, 0.3) is 0 Å². The Balaban J connectivity index is 2.37. The molecule has 1 rings (SSSR count). The Morgan fingerprint density at radius 2 is 2.38 bits per heavy atom. The molecule has 2 heteroatoms. The van der Waals surface area contributed by atoms with E-state index in [2.05, 4.69) is 49.3 Å². The average Bonchev–Trinajstić information content (AvgIpc) is 2.80. The molecule has 0 amide bonds. The molecule has 1 nitrogen and oxygen atoms in total. The first-order valence-electron chi connectivity index (χ1n) is 6.07. The smallest absolute Gasteiger partial charge is 0.00455 e. The molecule has 0 aliphatic heterocycles. The van der Waals surface area contributed by atoms with Crippen LogP contribution in [0.25, 0.3) is 0 Å². The number of rotatable bonds is 8. The fourth-order valence-electron chi connectivity index (χ4n) is 1.68. The summed E-state index contributed by atoms with van der Waals surface area (Å²) in [7, 11) is 0. The van der Waals surface area contributed by atoms with Crippen LogP contribution in [0, 0.1) is 5.41 Å². The van der Waals surface area contributed by atoms with E-state index in [-0.39, 0.29) is 5.41 Å². The van der Waals surface area contributed by atoms with E-state index in [0.717, 1.165) is 19.5 Å². The minimum Gasteiger partial charge on any atom is -0.316 e. The van der Waals surface area contributed by atoms with Gasteiger partial charge in [0.2, 0.25) is 0 Å². The van der Waals surface area contributed by atoms with Crippen molar-refractivity contribution in [3.63, 3.8) is 0 Å². The normalized spacial score (nSPS) is 14.6. The second kappa shape index (κ2) is 6.87. The summed E-state index contributed by atoms with van der Waals surface area (Å²) in [5.41, 5.74) is 0.221. The van der Waals surface area contributed by atoms with Gasteiger partial charge in [0.05, 0.1) is 0 Å². The lowest BCUT2D eigenvalue weighted by molar-refractivity contribution is 0.366. The van der Waals surface area contributed by atoms with Crippen LogP contribution in [0.4, 0.5) is 0 Å². The summed E-state index contributed by atoms with van der Waals surface area (Å²) < 4.78 is 0. The van der Waals surface area contributed by atoms with Crippen molar-refractivity contribution < 1.29 is 0 Å². The lowest BCUT2D eigenvalue weighted by Gasteiger charge is -2.26. The van der Waals surface area contributed by atoms with Gasteiger partial charge in [0.1, 0.15) is 0 Å². The quantitative estimate of drug-likeness (QED) is 0.534. The van der Waals surface area contributed by atoms with Gasteiger partial charge in [-0.25, -0.2) is 0 Å². The Bertz CT molecular complexity index is 292. The molecule has 1 aromatic rings. The maximum absolute atomic E-state index is 3.97. The summed E-state index contributed by atoms with van der Waals surface area (Å²) in [6.45, 7) is 10.6. The first kappa shape index (κ1) is 13.5. The molecule has 0 spiro atoms. The van der Waals surface area contributed by atoms with E-state index in [0.29, 0.717) is 0 Å². The van der Waals surface area contributed by atoms with E-state index in [4.69, 9.17) is 0 Å². The maximum atomic E-state index is 3.97. The van der Waals surface area contributed by atoms with Crippen LogP contribution in [0.15, 0.2) is 30.2 Å². The van der Waals surface area contributed by atoms with Gasteiger partial charge in [-0.15, -0.1) is 17.9 Å². The highest BCUT2D eigenvalue weighted by molar-refractivity contribution is 7.09. The zero-order chi connectivity index (χ0) is 11.9. The third-order valence-electron chi connectivity index (χ3n) is 2.97. The topological polar surface area (TPSA) is 12.0 Å². The minimum atomic E-state index is 0.221. The van der Waals surface area contributed by atoms with Crippen LogP contribution in [-0.4, -0.2) is 13.1 Å². The highest BCUT2D eigenvalue weighted by Gasteiger charge is 2.19. The fraction of sp³-hybridized carbons (Fsp3) is 0.571. The highest BCUT2D eigenvalue weighted by Crippen LogP contribution is 2.25. The van der Waals surface area contributed by atoms with Crippen molar-refractivity contribution in [1.82, 2.24) is 5.32 Å². The Morgan fingerprint density at radius 3 is 2.94 bits per heavy atom. The van der Waals surface area contributed by atoms with E-state index in [1.807, 2.05) is 11.3 Å². The maximum Gasteiger partial charge on any atom is 0.00455 e. The molecule has 1 aromatic heterocycles. The molecule has 1 atom stereocenters. The van der Waals surface area contributed by atoms with E-state index in [1.54, 1.807) is 0 Å². The lowest BCUT2D eigenvalue weighted by atomic mass is 9.85. The van der Waals surface area contributed by atoms with Crippen LogP contribution in [0.3, 0.4) is 0 Å². The van der Waals surface area contributed by atoms with Crippen LogP contribution in [-0.2, 0) is 6.42 Å². The monoisotopic (exact) mass is 237 g/mol. The number of hydrogen-bond donors (Lipinski definition) is 1. The zero-order valence-electron chi connectivity index (χ0n) is 10.5. The molecule has 0 radical (unpaired) electrons. The summed E-state index contributed by atoms with van der Waals surface area (Å²) in [5, 5.41) is 5.64. The summed E-state index contributed by atoms with van der Waals surface area (Å²) in [6.07, 6.45) is 5.63. The first-order valence-corrected chi connectivity index (χ1v) is 6.95. The lowest BCUT2D eigenvalue weighted by Crippen LogP contribution is -2.31. The van der Waals surface area contributed by atoms with Crippen LogP contribution < -0.4 is 5.32 Å². The largest absolute Gasteiger partial charge is 0.316 e.